The number of nitrogens with one attached hydrogen (secondary N) is 2. The molecule has 9 nitrogen and oxygen atoms in total. The number of hydrogen-bond donors (Lipinski definition) is 3. The molecule has 6 rings (SSSR count). The lowest BCUT2D eigenvalue weighted by molar-refractivity contribution is -0.138. The molecule has 3 N–H and O–H groups in total. The first-order chi connectivity index (χ1) is 19.1. The first-order valence-corrected chi connectivity index (χ1v) is 13.2. The highest BCUT2D eigenvalue weighted by Gasteiger charge is 2.24. The van der Waals surface area contributed by atoms with Gasteiger partial charge in [0.15, 0.2) is 5.82 Å². The fourth-order valence-electron chi connectivity index (χ4n) is 5.23. The number of nitrogens with zero attached hydrogens (tertiary/aromatic N) is 3. The van der Waals surface area contributed by atoms with E-state index in [-0.39, 0.29) is 18.4 Å². The molecule has 1 saturated carbocycles. The lowest BCUT2D eigenvalue weighted by atomic mass is 9.77. The molecule has 0 bridgehead atoms. The molecule has 0 amide bonds. The van der Waals surface area contributed by atoms with Gasteiger partial charge in [-0.1, -0.05) is 47.6 Å². The Hall–Kier alpha value is -4.66. The molecule has 0 unspecified atom stereocenters. The average Bonchev–Trinajstić information content (AvgIpc) is 3.59. The quantitative estimate of drug-likeness (QED) is 0.195. The Morgan fingerprint density at radius 3 is 2.67 bits per heavy atom. The summed E-state index contributed by atoms with van der Waals surface area (Å²) in [5.74, 6) is 1.54. The van der Waals surface area contributed by atoms with Crippen LogP contribution >= 0.6 is 0 Å². The summed E-state index contributed by atoms with van der Waals surface area (Å²) < 4.78 is 11.8. The van der Waals surface area contributed by atoms with Crippen molar-refractivity contribution < 1.29 is 19.1 Å². The van der Waals surface area contributed by atoms with E-state index in [2.05, 4.69) is 37.6 Å². The minimum Gasteiger partial charge on any atom is -0.489 e. The molecule has 2 heterocycles. The molecule has 5 aromatic rings. The zero-order valence-electron chi connectivity index (χ0n) is 21.3. The zero-order valence-corrected chi connectivity index (χ0v) is 21.3. The molecular weight excluding hydrogens is 494 g/mol. The van der Waals surface area contributed by atoms with Gasteiger partial charge in [0.05, 0.1) is 11.0 Å². The third-order valence-electron chi connectivity index (χ3n) is 7.25. The average molecular weight is 524 g/mol. The van der Waals surface area contributed by atoms with Crippen LogP contribution < -0.4 is 10.1 Å². The van der Waals surface area contributed by atoms with E-state index < -0.39 is 5.97 Å². The Morgan fingerprint density at radius 1 is 1.00 bits per heavy atom. The van der Waals surface area contributed by atoms with Crippen LogP contribution in [0.2, 0.25) is 0 Å². The molecule has 0 spiro atoms. The van der Waals surface area contributed by atoms with Crippen molar-refractivity contribution >= 4 is 28.7 Å². The van der Waals surface area contributed by atoms with Crippen LogP contribution in [-0.2, 0) is 11.4 Å². The van der Waals surface area contributed by atoms with Gasteiger partial charge in [0, 0.05) is 18.2 Å². The fraction of sp³-hybridized carbons (Fsp3) is 0.267. The van der Waals surface area contributed by atoms with E-state index in [4.69, 9.17) is 14.3 Å². The van der Waals surface area contributed by atoms with Crippen LogP contribution in [0.25, 0.3) is 22.7 Å². The first kappa shape index (κ1) is 24.7. The molecule has 198 valence electrons. The van der Waals surface area contributed by atoms with E-state index in [9.17, 15) is 4.79 Å². The van der Waals surface area contributed by atoms with E-state index in [0.717, 1.165) is 53.7 Å². The summed E-state index contributed by atoms with van der Waals surface area (Å²) in [5.41, 5.74) is 4.84. The van der Waals surface area contributed by atoms with Crippen molar-refractivity contribution in [1.29, 1.82) is 0 Å². The van der Waals surface area contributed by atoms with Crippen molar-refractivity contribution in [2.45, 2.75) is 44.6 Å². The van der Waals surface area contributed by atoms with Gasteiger partial charge in [0.25, 0.3) is 5.89 Å². The van der Waals surface area contributed by atoms with E-state index >= 15 is 0 Å². The van der Waals surface area contributed by atoms with Crippen LogP contribution in [0.15, 0.2) is 77.2 Å². The van der Waals surface area contributed by atoms with Gasteiger partial charge in [0.2, 0.25) is 0 Å². The summed E-state index contributed by atoms with van der Waals surface area (Å²) in [6.07, 6.45) is 4.17. The summed E-state index contributed by atoms with van der Waals surface area (Å²) >= 11 is 0. The Balaban J connectivity index is 1.11. The topological polar surface area (TPSA) is 126 Å². The lowest BCUT2D eigenvalue weighted by Crippen LogP contribution is -2.16. The predicted octanol–water partition coefficient (Wildman–Crippen LogP) is 6.68. The SMILES string of the molecule is O=C(O)CC1CCC(c2ccc3nc(-c4nnc(Nc5cccc(OCc6ccccc6)c5)o4)[nH]c3c2)CC1. The normalized spacial score (nSPS) is 17.2. The number of rotatable bonds is 9. The highest BCUT2D eigenvalue weighted by molar-refractivity contribution is 5.79. The molecule has 1 aliphatic carbocycles. The van der Waals surface area contributed by atoms with Crippen LogP contribution in [0.3, 0.4) is 0 Å². The second-order valence-electron chi connectivity index (χ2n) is 10.0. The maximum atomic E-state index is 11.0. The molecule has 0 saturated heterocycles. The number of fused-ring (bicyclic) bond motifs is 1. The van der Waals surface area contributed by atoms with Crippen LogP contribution in [0, 0.1) is 5.92 Å². The molecule has 1 fully saturated rings. The zero-order chi connectivity index (χ0) is 26.6. The summed E-state index contributed by atoms with van der Waals surface area (Å²) in [5, 5.41) is 20.5. The summed E-state index contributed by atoms with van der Waals surface area (Å²) in [6.45, 7) is 0.481. The Morgan fingerprint density at radius 2 is 1.85 bits per heavy atom. The lowest BCUT2D eigenvalue weighted by Gasteiger charge is -2.27. The smallest absolute Gasteiger partial charge is 0.320 e. The van der Waals surface area contributed by atoms with Gasteiger partial charge < -0.3 is 24.6 Å². The van der Waals surface area contributed by atoms with Gasteiger partial charge in [-0.15, -0.1) is 5.10 Å². The summed E-state index contributed by atoms with van der Waals surface area (Å²) in [4.78, 5) is 19.0. The Bertz CT molecular complexity index is 1570. The van der Waals surface area contributed by atoms with Crippen molar-refractivity contribution in [3.05, 3.63) is 83.9 Å². The number of aromatic nitrogens is 4. The predicted molar refractivity (Wildman–Crippen MR) is 147 cm³/mol. The number of aliphatic carboxylic acids is 1. The van der Waals surface area contributed by atoms with E-state index in [1.807, 2.05) is 60.7 Å². The van der Waals surface area contributed by atoms with Crippen LogP contribution in [0.5, 0.6) is 5.75 Å². The second kappa shape index (κ2) is 11.0. The van der Waals surface area contributed by atoms with Gasteiger partial charge in [-0.25, -0.2) is 4.98 Å². The number of carboxylic acids is 1. The third kappa shape index (κ3) is 5.93. The number of ether oxygens (including phenoxy) is 1. The molecule has 0 radical (unpaired) electrons. The Kier molecular flexibility index (Phi) is 6.95. The highest BCUT2D eigenvalue weighted by atomic mass is 16.5. The minimum atomic E-state index is -0.703. The number of carbonyl (C=O) groups is 1. The van der Waals surface area contributed by atoms with Gasteiger partial charge in [-0.05, 0) is 72.9 Å². The van der Waals surface area contributed by atoms with E-state index in [1.165, 1.54) is 5.56 Å². The van der Waals surface area contributed by atoms with Gasteiger partial charge in [-0.3, -0.25) is 4.79 Å². The van der Waals surface area contributed by atoms with Crippen molar-refractivity contribution in [1.82, 2.24) is 20.2 Å². The monoisotopic (exact) mass is 523 g/mol. The maximum absolute atomic E-state index is 11.0. The third-order valence-corrected chi connectivity index (χ3v) is 7.25. The van der Waals surface area contributed by atoms with Crippen LogP contribution in [0.1, 0.15) is 49.1 Å². The first-order valence-electron chi connectivity index (χ1n) is 13.2. The number of hydrogen-bond acceptors (Lipinski definition) is 7. The van der Waals surface area contributed by atoms with Crippen molar-refractivity contribution in [3.8, 4) is 17.5 Å². The number of carboxylic acid groups (broad SMARTS) is 1. The number of aromatic amines is 1. The second-order valence-corrected chi connectivity index (χ2v) is 10.0. The number of H-pyrrole nitrogens is 1. The fourth-order valence-corrected chi connectivity index (χ4v) is 5.23. The van der Waals surface area contributed by atoms with Crippen LogP contribution in [0.4, 0.5) is 11.7 Å². The molecule has 0 atom stereocenters. The summed E-state index contributed by atoms with van der Waals surface area (Å²) in [7, 11) is 0. The van der Waals surface area contributed by atoms with Crippen molar-refractivity contribution in [2.24, 2.45) is 5.92 Å². The molecule has 1 aliphatic rings. The van der Waals surface area contributed by atoms with Gasteiger partial charge in [0.1, 0.15) is 12.4 Å². The Labute approximate surface area is 225 Å². The largest absolute Gasteiger partial charge is 0.489 e. The van der Waals surface area contributed by atoms with E-state index in [0.29, 0.717) is 24.2 Å². The highest BCUT2D eigenvalue weighted by Crippen LogP contribution is 2.38. The molecule has 9 heteroatoms. The molecule has 39 heavy (non-hydrogen) atoms. The minimum absolute atomic E-state index is 0.254. The number of imidazole rings is 1. The van der Waals surface area contributed by atoms with Crippen molar-refractivity contribution in [2.75, 3.05) is 5.32 Å². The molecule has 0 aliphatic heterocycles. The van der Waals surface area contributed by atoms with Gasteiger partial charge >= 0.3 is 12.0 Å². The number of benzene rings is 3. The summed E-state index contributed by atoms with van der Waals surface area (Å²) in [6, 6.07) is 24.1. The maximum Gasteiger partial charge on any atom is 0.320 e. The van der Waals surface area contributed by atoms with Gasteiger partial charge in [-0.2, -0.15) is 0 Å². The van der Waals surface area contributed by atoms with E-state index in [1.54, 1.807) is 0 Å². The van der Waals surface area contributed by atoms with Crippen LogP contribution in [-0.4, -0.2) is 31.2 Å². The standard InChI is InChI=1S/C30H29N5O4/c36-27(37)15-19-9-11-21(12-10-19)22-13-14-25-26(16-22)33-28(32-25)29-34-35-30(39-29)31-23-7-4-8-24(17-23)38-18-20-5-2-1-3-6-20/h1-8,13-14,16-17,19,21H,9-12,15,18H2,(H,31,35)(H,32,33)(H,36,37). The number of anilines is 2. The molecule has 3 aromatic carbocycles. The van der Waals surface area contributed by atoms with Crippen molar-refractivity contribution in [3.63, 3.8) is 0 Å². The molecule has 2 aromatic heterocycles. The molecular formula is C30H29N5O4.